The molecule has 25 heavy (non-hydrogen) atoms. The average Bonchev–Trinajstić information content (AvgIpc) is 2.65. The summed E-state index contributed by atoms with van der Waals surface area (Å²) in [6.07, 6.45) is 1.08. The molecule has 7 heteroatoms. The summed E-state index contributed by atoms with van der Waals surface area (Å²) in [6.45, 7) is 3.35. The van der Waals surface area contributed by atoms with Gasteiger partial charge < -0.3 is 9.47 Å². The topological polar surface area (TPSA) is 96.7 Å². The quantitative estimate of drug-likeness (QED) is 0.336. The van der Waals surface area contributed by atoms with Crippen LogP contribution >= 0.6 is 0 Å². The van der Waals surface area contributed by atoms with Gasteiger partial charge in [0.25, 0.3) is 11.8 Å². The van der Waals surface area contributed by atoms with Gasteiger partial charge in [0.1, 0.15) is 6.61 Å². The molecular formula is C18H18N2O5. The van der Waals surface area contributed by atoms with Gasteiger partial charge in [-0.25, -0.2) is 4.79 Å². The van der Waals surface area contributed by atoms with Crippen LogP contribution in [0.15, 0.2) is 43.0 Å². The molecule has 1 aromatic rings. The smallest absolute Gasteiger partial charge is 0.348 e. The van der Waals surface area contributed by atoms with Gasteiger partial charge in [-0.1, -0.05) is 30.9 Å². The van der Waals surface area contributed by atoms with E-state index in [-0.39, 0.29) is 32.6 Å². The predicted molar refractivity (Wildman–Crippen MR) is 87.2 cm³/mol. The average molecular weight is 342 g/mol. The number of morpholine rings is 1. The Hall–Kier alpha value is -2.98. The molecule has 1 aromatic carbocycles. The molecule has 1 heterocycles. The Labute approximate surface area is 145 Å². The molecule has 0 N–H and O–H groups in total. The molecule has 1 unspecified atom stereocenters. The molecule has 0 spiro atoms. The minimum atomic E-state index is -1.98. The van der Waals surface area contributed by atoms with E-state index >= 15 is 0 Å². The number of carbonyl (C=O) groups is 3. The SMILES string of the molecule is C=CCOC(=O)C1(CCC#N)OCCN(C(=O)c2ccccc2)C1=O. The first kappa shape index (κ1) is 18.4. The lowest BCUT2D eigenvalue weighted by Crippen LogP contribution is -2.62. The molecule has 1 fully saturated rings. The number of hydrogen-bond acceptors (Lipinski definition) is 6. The maximum Gasteiger partial charge on any atom is 0.348 e. The summed E-state index contributed by atoms with van der Waals surface area (Å²) in [5, 5.41) is 8.84. The van der Waals surface area contributed by atoms with E-state index in [2.05, 4.69) is 6.58 Å². The number of ether oxygens (including phenoxy) is 2. The molecule has 0 radical (unpaired) electrons. The number of amides is 2. The van der Waals surface area contributed by atoms with E-state index in [0.29, 0.717) is 5.56 Å². The van der Waals surface area contributed by atoms with E-state index in [4.69, 9.17) is 14.7 Å². The van der Waals surface area contributed by atoms with Gasteiger partial charge >= 0.3 is 5.97 Å². The number of benzene rings is 1. The standard InChI is InChI=1S/C18H18N2O5/c1-2-12-24-17(23)18(9-6-10-19)16(22)20(11-13-25-18)15(21)14-7-4-3-5-8-14/h2-5,7-8H,1,6,9,11-13H2. The Bertz CT molecular complexity index is 710. The highest BCUT2D eigenvalue weighted by Gasteiger charge is 2.54. The molecule has 0 bridgehead atoms. The first-order valence-electron chi connectivity index (χ1n) is 7.77. The van der Waals surface area contributed by atoms with Crippen LogP contribution in [0, 0.1) is 11.3 Å². The summed E-state index contributed by atoms with van der Waals surface area (Å²) in [5.41, 5.74) is -1.66. The van der Waals surface area contributed by atoms with Gasteiger partial charge in [0.15, 0.2) is 0 Å². The van der Waals surface area contributed by atoms with Gasteiger partial charge in [-0.05, 0) is 12.1 Å². The van der Waals surface area contributed by atoms with E-state index in [0.717, 1.165) is 4.90 Å². The van der Waals surface area contributed by atoms with E-state index in [1.165, 1.54) is 6.08 Å². The first-order valence-corrected chi connectivity index (χ1v) is 7.77. The number of carbonyl (C=O) groups excluding carboxylic acids is 3. The summed E-state index contributed by atoms with van der Waals surface area (Å²) < 4.78 is 10.4. The molecule has 1 saturated heterocycles. The number of nitrogens with zero attached hydrogens (tertiary/aromatic N) is 2. The summed E-state index contributed by atoms with van der Waals surface area (Å²) in [6, 6.07) is 10.2. The van der Waals surface area contributed by atoms with Crippen molar-refractivity contribution < 1.29 is 23.9 Å². The molecular weight excluding hydrogens is 324 g/mol. The summed E-state index contributed by atoms with van der Waals surface area (Å²) >= 11 is 0. The fourth-order valence-corrected chi connectivity index (χ4v) is 2.53. The highest BCUT2D eigenvalue weighted by atomic mass is 16.6. The third kappa shape index (κ3) is 3.75. The molecule has 7 nitrogen and oxygen atoms in total. The highest BCUT2D eigenvalue weighted by Crippen LogP contribution is 2.28. The van der Waals surface area contributed by atoms with Crippen LogP contribution in [0.2, 0.25) is 0 Å². The summed E-state index contributed by atoms with van der Waals surface area (Å²) in [5.74, 6) is -2.25. The van der Waals surface area contributed by atoms with Gasteiger partial charge in [-0.15, -0.1) is 0 Å². The number of rotatable bonds is 6. The van der Waals surface area contributed by atoms with Crippen molar-refractivity contribution in [1.29, 1.82) is 5.26 Å². The van der Waals surface area contributed by atoms with Crippen molar-refractivity contribution in [3.63, 3.8) is 0 Å². The van der Waals surface area contributed by atoms with Crippen LogP contribution < -0.4 is 0 Å². The normalized spacial score (nSPS) is 19.8. The molecule has 2 amide bonds. The highest BCUT2D eigenvalue weighted by molar-refractivity contribution is 6.15. The molecule has 1 aliphatic rings. The maximum atomic E-state index is 12.9. The number of nitriles is 1. The lowest BCUT2D eigenvalue weighted by Gasteiger charge is -2.38. The van der Waals surface area contributed by atoms with Gasteiger partial charge in [0, 0.05) is 18.4 Å². The molecule has 2 rings (SSSR count). The zero-order chi connectivity index (χ0) is 18.3. The third-order valence-electron chi connectivity index (χ3n) is 3.77. The largest absolute Gasteiger partial charge is 0.459 e. The minimum absolute atomic E-state index is 0.0149. The summed E-state index contributed by atoms with van der Waals surface area (Å²) in [4.78, 5) is 39.0. The second kappa shape index (κ2) is 8.22. The molecule has 130 valence electrons. The van der Waals surface area contributed by atoms with Crippen LogP contribution in [-0.4, -0.2) is 48.0 Å². The fraction of sp³-hybridized carbons (Fsp3) is 0.333. The first-order chi connectivity index (χ1) is 12.1. The third-order valence-corrected chi connectivity index (χ3v) is 3.77. The molecule has 1 atom stereocenters. The van der Waals surface area contributed by atoms with Crippen LogP contribution in [0.4, 0.5) is 0 Å². The van der Waals surface area contributed by atoms with Crippen molar-refractivity contribution in [3.05, 3.63) is 48.6 Å². The van der Waals surface area contributed by atoms with Gasteiger partial charge in [-0.2, -0.15) is 5.26 Å². The van der Waals surface area contributed by atoms with Crippen molar-refractivity contribution in [2.75, 3.05) is 19.8 Å². The Morgan fingerprint density at radius 3 is 2.76 bits per heavy atom. The molecule has 1 aliphatic heterocycles. The van der Waals surface area contributed by atoms with E-state index < -0.39 is 23.4 Å². The Balaban J connectivity index is 2.32. The predicted octanol–water partition coefficient (Wildman–Crippen LogP) is 1.46. The monoisotopic (exact) mass is 342 g/mol. The van der Waals surface area contributed by atoms with Crippen LogP contribution in [0.1, 0.15) is 23.2 Å². The van der Waals surface area contributed by atoms with Crippen molar-refractivity contribution >= 4 is 17.8 Å². The molecule has 0 aromatic heterocycles. The molecule has 0 aliphatic carbocycles. The van der Waals surface area contributed by atoms with Gasteiger partial charge in [0.05, 0.1) is 19.2 Å². The Morgan fingerprint density at radius 2 is 2.12 bits per heavy atom. The lowest BCUT2D eigenvalue weighted by atomic mass is 9.93. The van der Waals surface area contributed by atoms with Crippen molar-refractivity contribution in [1.82, 2.24) is 4.90 Å². The van der Waals surface area contributed by atoms with E-state index in [9.17, 15) is 14.4 Å². The maximum absolute atomic E-state index is 12.9. The van der Waals surface area contributed by atoms with E-state index in [1.54, 1.807) is 30.3 Å². The van der Waals surface area contributed by atoms with E-state index in [1.807, 2.05) is 6.07 Å². The van der Waals surface area contributed by atoms with Gasteiger partial charge in [-0.3, -0.25) is 14.5 Å². The fourth-order valence-electron chi connectivity index (χ4n) is 2.53. The zero-order valence-corrected chi connectivity index (χ0v) is 13.6. The van der Waals surface area contributed by atoms with Crippen LogP contribution in [0.5, 0.6) is 0 Å². The summed E-state index contributed by atoms with van der Waals surface area (Å²) in [7, 11) is 0. The molecule has 0 saturated carbocycles. The van der Waals surface area contributed by atoms with Gasteiger partial charge in [0.2, 0.25) is 5.60 Å². The number of imide groups is 1. The lowest BCUT2D eigenvalue weighted by molar-refractivity contribution is -0.190. The minimum Gasteiger partial charge on any atom is -0.459 e. The number of esters is 1. The van der Waals surface area contributed by atoms with Crippen molar-refractivity contribution in [3.8, 4) is 6.07 Å². The van der Waals surface area contributed by atoms with Crippen molar-refractivity contribution in [2.45, 2.75) is 18.4 Å². The number of hydrogen-bond donors (Lipinski definition) is 0. The van der Waals surface area contributed by atoms with Crippen LogP contribution in [0.3, 0.4) is 0 Å². The van der Waals surface area contributed by atoms with Crippen molar-refractivity contribution in [2.24, 2.45) is 0 Å². The zero-order valence-electron chi connectivity index (χ0n) is 13.6. The van der Waals surface area contributed by atoms with Crippen LogP contribution in [0.25, 0.3) is 0 Å². The second-order valence-electron chi connectivity index (χ2n) is 5.35. The van der Waals surface area contributed by atoms with Crippen LogP contribution in [-0.2, 0) is 19.1 Å². The Morgan fingerprint density at radius 1 is 1.40 bits per heavy atom. The second-order valence-corrected chi connectivity index (χ2v) is 5.35. The Kier molecular flexibility index (Phi) is 6.03.